The molecule has 0 bridgehead atoms. The summed E-state index contributed by atoms with van der Waals surface area (Å²) in [5, 5.41) is 0. The molecule has 1 fully saturated rings. The van der Waals surface area contributed by atoms with Crippen molar-refractivity contribution in [2.24, 2.45) is 0 Å². The average Bonchev–Trinajstić information content (AvgIpc) is 2.68. The molecule has 0 radical (unpaired) electrons. The van der Waals surface area contributed by atoms with Crippen LogP contribution >= 0.6 is 0 Å². The van der Waals surface area contributed by atoms with E-state index < -0.39 is 11.7 Å². The van der Waals surface area contributed by atoms with Crippen molar-refractivity contribution >= 4 is 23.5 Å². The molecule has 0 N–H and O–H groups in total. The van der Waals surface area contributed by atoms with Gasteiger partial charge in [-0.15, -0.1) is 0 Å². The van der Waals surface area contributed by atoms with Gasteiger partial charge in [0.25, 0.3) is 0 Å². The molecule has 29 heavy (non-hydrogen) atoms. The van der Waals surface area contributed by atoms with Gasteiger partial charge in [0.15, 0.2) is 0 Å². The Labute approximate surface area is 172 Å². The molecule has 0 aliphatic carbocycles. The molecule has 1 aliphatic heterocycles. The fourth-order valence-electron chi connectivity index (χ4n) is 3.60. The molecule has 1 unspecified atom stereocenters. The minimum atomic E-state index is -0.617. The van der Waals surface area contributed by atoms with Gasteiger partial charge in [-0.2, -0.15) is 0 Å². The predicted octanol–water partition coefficient (Wildman–Crippen LogP) is 5.23. The molecule has 0 saturated carbocycles. The van der Waals surface area contributed by atoms with E-state index in [0.29, 0.717) is 11.5 Å². The Kier molecular flexibility index (Phi) is 6.20. The van der Waals surface area contributed by atoms with Crippen LogP contribution in [0.1, 0.15) is 58.6 Å². The van der Waals surface area contributed by atoms with Crippen molar-refractivity contribution in [3.63, 3.8) is 0 Å². The van der Waals surface area contributed by atoms with E-state index >= 15 is 0 Å². The third-order valence-electron chi connectivity index (χ3n) is 4.88. The lowest BCUT2D eigenvalue weighted by molar-refractivity contribution is -0.132. The molecule has 6 nitrogen and oxygen atoms in total. The Hall–Kier alpha value is -2.89. The second-order valence-electron chi connectivity index (χ2n) is 8.33. The number of carbonyl (C=O) groups is 2. The van der Waals surface area contributed by atoms with Gasteiger partial charge in [-0.3, -0.25) is 4.79 Å². The van der Waals surface area contributed by atoms with Gasteiger partial charge in [-0.1, -0.05) is 24.3 Å². The summed E-state index contributed by atoms with van der Waals surface area (Å²) in [4.78, 5) is 32.8. The molecular formula is C23H29N3O3. The maximum Gasteiger partial charge on any atom is 0.420 e. The molecule has 1 aromatic carbocycles. The van der Waals surface area contributed by atoms with Crippen molar-refractivity contribution in [1.82, 2.24) is 9.88 Å². The zero-order valence-corrected chi connectivity index (χ0v) is 17.6. The van der Waals surface area contributed by atoms with Crippen molar-refractivity contribution in [3.8, 4) is 0 Å². The third kappa shape index (κ3) is 5.13. The van der Waals surface area contributed by atoms with E-state index in [1.807, 2.05) is 68.1 Å². The van der Waals surface area contributed by atoms with Crippen LogP contribution in [0.25, 0.3) is 0 Å². The highest BCUT2D eigenvalue weighted by atomic mass is 16.6. The number of aromatic nitrogens is 1. The van der Waals surface area contributed by atoms with E-state index in [-0.39, 0.29) is 11.9 Å². The van der Waals surface area contributed by atoms with E-state index in [1.54, 1.807) is 13.1 Å². The highest BCUT2D eigenvalue weighted by Gasteiger charge is 2.28. The third-order valence-corrected chi connectivity index (χ3v) is 4.88. The lowest BCUT2D eigenvalue weighted by Gasteiger charge is -2.35. The van der Waals surface area contributed by atoms with E-state index in [9.17, 15) is 9.59 Å². The van der Waals surface area contributed by atoms with Gasteiger partial charge in [-0.25, -0.2) is 14.7 Å². The lowest BCUT2D eigenvalue weighted by Crippen LogP contribution is -2.37. The summed E-state index contributed by atoms with van der Waals surface area (Å²) in [5.41, 5.74) is 1.06. The SMILES string of the molecule is CC(=O)N1CCCCC1c1ccc(N(C(=O)OC(C)(C)C)c2ccccc2)nc1. The molecule has 1 aromatic heterocycles. The second kappa shape index (κ2) is 8.64. The van der Waals surface area contributed by atoms with Crippen LogP contribution in [0, 0.1) is 0 Å². The molecule has 0 spiro atoms. The fraction of sp³-hybridized carbons (Fsp3) is 0.435. The average molecular weight is 396 g/mol. The standard InChI is InChI=1S/C23H29N3O3/c1-17(27)25-15-9-8-12-20(25)18-13-14-21(24-16-18)26(19-10-6-5-7-11-19)22(28)29-23(2,3)4/h5-7,10-11,13-14,16,20H,8-9,12,15H2,1-4H3. The largest absolute Gasteiger partial charge is 0.443 e. The zero-order valence-electron chi connectivity index (χ0n) is 17.6. The van der Waals surface area contributed by atoms with Crippen LogP contribution in [0.4, 0.5) is 16.3 Å². The maximum absolute atomic E-state index is 12.9. The fourth-order valence-corrected chi connectivity index (χ4v) is 3.60. The molecule has 3 rings (SSSR count). The topological polar surface area (TPSA) is 62.7 Å². The summed E-state index contributed by atoms with van der Waals surface area (Å²) in [5.74, 6) is 0.567. The van der Waals surface area contributed by atoms with Crippen molar-refractivity contribution < 1.29 is 14.3 Å². The number of nitrogens with zero attached hydrogens (tertiary/aromatic N) is 3. The monoisotopic (exact) mass is 395 g/mol. The summed E-state index contributed by atoms with van der Waals surface area (Å²) >= 11 is 0. The van der Waals surface area contributed by atoms with Gasteiger partial charge in [0.2, 0.25) is 5.91 Å². The van der Waals surface area contributed by atoms with Crippen molar-refractivity contribution in [3.05, 3.63) is 54.2 Å². The highest BCUT2D eigenvalue weighted by molar-refractivity contribution is 5.95. The van der Waals surface area contributed by atoms with Crippen molar-refractivity contribution in [1.29, 1.82) is 0 Å². The first kappa shape index (κ1) is 20.8. The summed E-state index contributed by atoms with van der Waals surface area (Å²) in [7, 11) is 0. The number of benzene rings is 1. The Morgan fingerprint density at radius 1 is 1.10 bits per heavy atom. The van der Waals surface area contributed by atoms with Gasteiger partial charge in [0, 0.05) is 19.7 Å². The molecule has 2 heterocycles. The van der Waals surface area contributed by atoms with Gasteiger partial charge in [-0.05, 0) is 63.8 Å². The molecule has 1 atom stereocenters. The number of para-hydroxylation sites is 1. The van der Waals surface area contributed by atoms with Gasteiger partial charge in [0.05, 0.1) is 11.7 Å². The van der Waals surface area contributed by atoms with Crippen LogP contribution < -0.4 is 4.90 Å². The summed E-state index contributed by atoms with van der Waals surface area (Å²) in [6.07, 6.45) is 4.33. The van der Waals surface area contributed by atoms with Crippen molar-refractivity contribution in [2.75, 3.05) is 11.4 Å². The van der Waals surface area contributed by atoms with Crippen LogP contribution in [0.2, 0.25) is 0 Å². The second-order valence-corrected chi connectivity index (χ2v) is 8.33. The minimum absolute atomic E-state index is 0.0366. The summed E-state index contributed by atoms with van der Waals surface area (Å²) in [6, 6.07) is 13.1. The first-order valence-electron chi connectivity index (χ1n) is 10.1. The number of anilines is 2. The molecule has 6 heteroatoms. The number of hydrogen-bond acceptors (Lipinski definition) is 4. The van der Waals surface area contributed by atoms with E-state index in [1.165, 1.54) is 4.90 Å². The number of hydrogen-bond donors (Lipinski definition) is 0. The van der Waals surface area contributed by atoms with Gasteiger partial charge < -0.3 is 9.64 Å². The number of carbonyl (C=O) groups excluding carboxylic acids is 2. The van der Waals surface area contributed by atoms with Gasteiger partial charge >= 0.3 is 6.09 Å². The summed E-state index contributed by atoms with van der Waals surface area (Å²) < 4.78 is 5.60. The Balaban J connectivity index is 1.91. The predicted molar refractivity (Wildman–Crippen MR) is 113 cm³/mol. The number of rotatable bonds is 3. The van der Waals surface area contributed by atoms with E-state index in [2.05, 4.69) is 4.98 Å². The van der Waals surface area contributed by atoms with Crippen molar-refractivity contribution in [2.45, 2.75) is 58.6 Å². The first-order chi connectivity index (χ1) is 13.8. The molecule has 2 amide bonds. The normalized spacial score (nSPS) is 17.0. The number of amides is 2. The molecule has 1 aliphatic rings. The lowest BCUT2D eigenvalue weighted by atomic mass is 9.96. The highest BCUT2D eigenvalue weighted by Crippen LogP contribution is 2.32. The molecule has 154 valence electrons. The smallest absolute Gasteiger partial charge is 0.420 e. The number of piperidine rings is 1. The molecular weight excluding hydrogens is 366 g/mol. The molecule has 2 aromatic rings. The Morgan fingerprint density at radius 3 is 2.41 bits per heavy atom. The number of likely N-dealkylation sites (tertiary alicyclic amines) is 1. The Bertz CT molecular complexity index is 844. The Morgan fingerprint density at radius 2 is 1.83 bits per heavy atom. The van der Waals surface area contributed by atoms with Gasteiger partial charge in [0.1, 0.15) is 11.4 Å². The molecule has 1 saturated heterocycles. The van der Waals surface area contributed by atoms with E-state index in [0.717, 1.165) is 31.4 Å². The van der Waals surface area contributed by atoms with Crippen LogP contribution in [0.3, 0.4) is 0 Å². The van der Waals surface area contributed by atoms with E-state index in [4.69, 9.17) is 4.74 Å². The zero-order chi connectivity index (χ0) is 21.0. The number of ether oxygens (including phenoxy) is 1. The first-order valence-corrected chi connectivity index (χ1v) is 10.1. The quantitative estimate of drug-likeness (QED) is 0.714. The van der Waals surface area contributed by atoms with Crippen LogP contribution in [-0.4, -0.2) is 34.0 Å². The van der Waals surface area contributed by atoms with Crippen LogP contribution in [0.15, 0.2) is 48.7 Å². The number of pyridine rings is 1. The van der Waals surface area contributed by atoms with Crippen LogP contribution in [-0.2, 0) is 9.53 Å². The van der Waals surface area contributed by atoms with Crippen LogP contribution in [0.5, 0.6) is 0 Å². The minimum Gasteiger partial charge on any atom is -0.443 e. The summed E-state index contributed by atoms with van der Waals surface area (Å²) in [6.45, 7) is 7.90. The maximum atomic E-state index is 12.9.